The van der Waals surface area contributed by atoms with Gasteiger partial charge in [0.15, 0.2) is 0 Å². The first-order valence-electron chi connectivity index (χ1n) is 21.0. The van der Waals surface area contributed by atoms with E-state index in [1.165, 1.54) is 0 Å². The van der Waals surface area contributed by atoms with Gasteiger partial charge in [0.25, 0.3) is 11.8 Å². The van der Waals surface area contributed by atoms with E-state index in [1.807, 2.05) is 49.0 Å². The van der Waals surface area contributed by atoms with Crippen LogP contribution >= 0.6 is 0 Å². The normalized spacial score (nSPS) is 16.0. The Bertz CT molecular complexity index is 2600. The number of carbonyl (C=O) groups excluding carboxylic acids is 4. The van der Waals surface area contributed by atoms with E-state index in [2.05, 4.69) is 37.7 Å². The third kappa shape index (κ3) is 8.85. The molecule has 6 aromatic rings. The van der Waals surface area contributed by atoms with Gasteiger partial charge >= 0.3 is 0 Å². The predicted molar refractivity (Wildman–Crippen MR) is 235 cm³/mol. The van der Waals surface area contributed by atoms with Crippen LogP contribution in [0.2, 0.25) is 0 Å². The number of ether oxygens (including phenoxy) is 2. The minimum atomic E-state index is -0.668. The molecule has 2 aliphatic heterocycles. The van der Waals surface area contributed by atoms with Crippen LogP contribution in [0, 0.1) is 19.8 Å². The second kappa shape index (κ2) is 17.7. The Kier molecular flexibility index (Phi) is 12.0. The van der Waals surface area contributed by atoms with Gasteiger partial charge in [-0.25, -0.2) is 9.97 Å². The first kappa shape index (κ1) is 42.6. The highest BCUT2D eigenvalue weighted by Gasteiger charge is 2.27. The van der Waals surface area contributed by atoms with Gasteiger partial charge in [-0.2, -0.15) is 10.2 Å². The smallest absolute Gasteiger partial charge is 0.276 e. The average Bonchev–Trinajstić information content (AvgIpc) is 4.02. The van der Waals surface area contributed by atoms with Crippen LogP contribution in [0.25, 0.3) is 22.1 Å². The highest BCUT2D eigenvalue weighted by molar-refractivity contribution is 6.05. The van der Waals surface area contributed by atoms with Crippen molar-refractivity contribution < 1.29 is 28.7 Å². The van der Waals surface area contributed by atoms with Crippen LogP contribution in [0.15, 0.2) is 48.6 Å². The number of imidazole rings is 2. The second-order valence-electron chi connectivity index (χ2n) is 15.9. The molecule has 2 aromatic carbocycles. The number of aryl methyl sites for hydroxylation is 4. The number of hydrogen-bond donors (Lipinski definition) is 4. The number of primary amides is 2. The maximum absolute atomic E-state index is 13.9. The second-order valence-corrected chi connectivity index (χ2v) is 15.9. The van der Waals surface area contributed by atoms with Crippen molar-refractivity contribution in [3.05, 3.63) is 82.5 Å². The standard InChI is InChI=1S/C43H52N14O6/c1-6-56-32(16-25(3)50-56)40(60)48-42-46-30-18-28(38(44)58)20-34-36(30)54(42)10-8-9-11-55-37-31(47-43(55)49-41(61)33-17-26(4)51-57(33)7-2)19-29(39(45)59)21-35(37)63-24-27(23-62-34)22-53-14-12-52(5)13-15-53/h8-9,16-21,27H,6-7,10-15,22-24H2,1-5H3,(H2,44,58)(H2,45,59)(H,46,48,60)(H,47,49,61)/b9-8+. The molecule has 20 heteroatoms. The maximum Gasteiger partial charge on any atom is 0.276 e. The minimum Gasteiger partial charge on any atom is -0.491 e. The quantitative estimate of drug-likeness (QED) is 0.145. The number of nitrogens with one attached hydrogen (secondary N) is 2. The number of allylic oxidation sites excluding steroid dienone is 2. The van der Waals surface area contributed by atoms with Crippen molar-refractivity contribution in [1.82, 2.24) is 48.5 Å². The van der Waals surface area contributed by atoms with E-state index in [-0.39, 0.29) is 55.2 Å². The SMILES string of the molecule is CCn1nc(C)cc1C(=O)Nc1nc2cc(C(N)=O)cc3c2n1C/C=C/Cn1c(NC(=O)c2cc(C)nn2CC)nc2cc(C(N)=O)cc(c21)OCC(CN1CCN(C)CC1)CO3. The summed E-state index contributed by atoms with van der Waals surface area (Å²) >= 11 is 0. The van der Waals surface area contributed by atoms with Crippen LogP contribution < -0.4 is 31.6 Å². The van der Waals surface area contributed by atoms with Gasteiger partial charge in [0, 0.05) is 75.9 Å². The molecule has 6 heterocycles. The molecule has 0 unspecified atom stereocenters. The number of benzene rings is 2. The van der Waals surface area contributed by atoms with Gasteiger partial charge < -0.3 is 39.9 Å². The minimum absolute atomic E-state index is 0.144. The topological polar surface area (TPSA) is 241 Å². The van der Waals surface area contributed by atoms with Crippen LogP contribution in [-0.4, -0.2) is 125 Å². The number of anilines is 2. The molecule has 4 amide bonds. The van der Waals surface area contributed by atoms with Crippen molar-refractivity contribution >= 4 is 57.6 Å². The lowest BCUT2D eigenvalue weighted by Gasteiger charge is -2.34. The van der Waals surface area contributed by atoms with Crippen LogP contribution in [-0.2, 0) is 26.2 Å². The lowest BCUT2D eigenvalue weighted by molar-refractivity contribution is 0.0954. The fourth-order valence-corrected chi connectivity index (χ4v) is 8.11. The first-order chi connectivity index (χ1) is 30.3. The lowest BCUT2D eigenvalue weighted by Crippen LogP contribution is -2.47. The van der Waals surface area contributed by atoms with E-state index in [0.29, 0.717) is 76.0 Å². The summed E-state index contributed by atoms with van der Waals surface area (Å²) in [5, 5.41) is 14.8. The number of nitrogens with zero attached hydrogens (tertiary/aromatic N) is 10. The fourth-order valence-electron chi connectivity index (χ4n) is 8.11. The number of likely N-dealkylation sites (N-methyl/N-ethyl adjacent to an activating group) is 1. The van der Waals surface area contributed by atoms with Crippen LogP contribution in [0.1, 0.15) is 66.9 Å². The summed E-state index contributed by atoms with van der Waals surface area (Å²) in [6.45, 7) is 13.1. The largest absolute Gasteiger partial charge is 0.491 e. The summed E-state index contributed by atoms with van der Waals surface area (Å²) < 4.78 is 20.2. The molecule has 63 heavy (non-hydrogen) atoms. The highest BCUT2D eigenvalue weighted by atomic mass is 16.5. The van der Waals surface area contributed by atoms with Crippen molar-refractivity contribution in [2.24, 2.45) is 17.4 Å². The molecule has 8 rings (SSSR count). The summed E-state index contributed by atoms with van der Waals surface area (Å²) in [6.07, 6.45) is 3.76. The first-order valence-corrected chi connectivity index (χ1v) is 21.0. The molecule has 1 fully saturated rings. The Morgan fingerprint density at radius 1 is 0.683 bits per heavy atom. The van der Waals surface area contributed by atoms with E-state index in [9.17, 15) is 19.2 Å². The number of aromatic nitrogens is 8. The Hall–Kier alpha value is -7.06. The zero-order valence-corrected chi connectivity index (χ0v) is 36.1. The summed E-state index contributed by atoms with van der Waals surface area (Å²) in [7, 11) is 2.09. The number of piperazine rings is 1. The summed E-state index contributed by atoms with van der Waals surface area (Å²) in [5.41, 5.74) is 16.0. The van der Waals surface area contributed by atoms with Crippen molar-refractivity contribution in [2.75, 3.05) is 63.6 Å². The van der Waals surface area contributed by atoms with Gasteiger partial charge in [0.1, 0.15) is 33.9 Å². The predicted octanol–water partition coefficient (Wildman–Crippen LogP) is 3.03. The van der Waals surface area contributed by atoms with E-state index in [0.717, 1.165) is 26.2 Å². The Labute approximate surface area is 362 Å². The number of hydrogen-bond acceptors (Lipinski definition) is 12. The molecule has 0 aliphatic carbocycles. The molecule has 0 bridgehead atoms. The molecule has 4 aromatic heterocycles. The zero-order valence-electron chi connectivity index (χ0n) is 36.1. The summed E-state index contributed by atoms with van der Waals surface area (Å²) in [4.78, 5) is 67.4. The summed E-state index contributed by atoms with van der Waals surface area (Å²) in [5.74, 6) is -1.32. The Morgan fingerprint density at radius 3 is 1.54 bits per heavy atom. The Balaban J connectivity index is 1.26. The number of nitrogens with two attached hydrogens (primary N) is 2. The van der Waals surface area contributed by atoms with Gasteiger partial charge in [0.05, 0.1) is 35.6 Å². The Morgan fingerprint density at radius 2 is 1.13 bits per heavy atom. The molecule has 20 nitrogen and oxygen atoms in total. The number of rotatable bonds is 10. The molecular weight excluding hydrogens is 809 g/mol. The van der Waals surface area contributed by atoms with E-state index < -0.39 is 23.6 Å². The van der Waals surface area contributed by atoms with Gasteiger partial charge in [-0.3, -0.25) is 39.2 Å². The molecule has 0 radical (unpaired) electrons. The molecule has 2 aliphatic rings. The van der Waals surface area contributed by atoms with E-state index >= 15 is 0 Å². The number of carbonyl (C=O) groups is 4. The molecule has 1 saturated heterocycles. The molecular formula is C43H52N14O6. The van der Waals surface area contributed by atoms with Gasteiger partial charge in [-0.15, -0.1) is 0 Å². The third-order valence-corrected chi connectivity index (χ3v) is 11.3. The highest BCUT2D eigenvalue weighted by Crippen LogP contribution is 2.34. The van der Waals surface area contributed by atoms with Crippen molar-refractivity contribution in [2.45, 2.75) is 53.9 Å². The van der Waals surface area contributed by atoms with Crippen molar-refractivity contribution in [3.63, 3.8) is 0 Å². The van der Waals surface area contributed by atoms with Crippen LogP contribution in [0.3, 0.4) is 0 Å². The monoisotopic (exact) mass is 860 g/mol. The van der Waals surface area contributed by atoms with Crippen LogP contribution in [0.4, 0.5) is 11.9 Å². The zero-order chi connectivity index (χ0) is 44.5. The van der Waals surface area contributed by atoms with Crippen LogP contribution in [0.5, 0.6) is 11.5 Å². The molecule has 0 spiro atoms. The van der Waals surface area contributed by atoms with Gasteiger partial charge in [0.2, 0.25) is 23.7 Å². The average molecular weight is 861 g/mol. The number of amides is 4. The van der Waals surface area contributed by atoms with Crippen molar-refractivity contribution in [1.29, 1.82) is 0 Å². The molecule has 0 atom stereocenters. The fraction of sp³-hybridized carbons (Fsp3) is 0.395. The lowest BCUT2D eigenvalue weighted by atomic mass is 10.1. The van der Waals surface area contributed by atoms with E-state index in [4.69, 9.17) is 30.9 Å². The van der Waals surface area contributed by atoms with Crippen molar-refractivity contribution in [3.8, 4) is 11.5 Å². The maximum atomic E-state index is 13.9. The molecule has 6 N–H and O–H groups in total. The third-order valence-electron chi connectivity index (χ3n) is 11.3. The van der Waals surface area contributed by atoms with Gasteiger partial charge in [-0.05, 0) is 71.1 Å². The van der Waals surface area contributed by atoms with E-state index in [1.54, 1.807) is 45.8 Å². The summed E-state index contributed by atoms with van der Waals surface area (Å²) in [6, 6.07) is 9.76. The molecule has 0 saturated carbocycles. The molecule has 330 valence electrons. The van der Waals surface area contributed by atoms with Gasteiger partial charge in [-0.1, -0.05) is 12.2 Å².